The van der Waals surface area contributed by atoms with Crippen molar-refractivity contribution < 1.29 is 4.74 Å². The molecule has 120 valence electrons. The summed E-state index contributed by atoms with van der Waals surface area (Å²) in [5, 5.41) is 4.42. The Balaban J connectivity index is 1.66. The zero-order valence-corrected chi connectivity index (χ0v) is 14.4. The number of ether oxygens (including phenoxy) is 1. The summed E-state index contributed by atoms with van der Waals surface area (Å²) in [6, 6.07) is 0.356. The minimum absolute atomic E-state index is 0.0106. The van der Waals surface area contributed by atoms with Crippen LogP contribution in [0.3, 0.4) is 0 Å². The van der Waals surface area contributed by atoms with Crippen LogP contribution in [0, 0.1) is 0 Å². The molecule has 1 aliphatic rings. The van der Waals surface area contributed by atoms with Gasteiger partial charge in [-0.25, -0.2) is 9.97 Å². The molecule has 6 nitrogen and oxygen atoms in total. The Hall–Kier alpha value is -1.47. The lowest BCUT2D eigenvalue weighted by molar-refractivity contribution is 0.00559. The van der Waals surface area contributed by atoms with Gasteiger partial charge >= 0.3 is 0 Å². The standard InChI is InChI=1S/C15H23N5OS/c1-15(2,3)13-18-14(22-19-13)17-10-5-6-21-12(7-10)11-8-16-9-20(11)4/h8-10,12H,5-7H2,1-4H3,(H,17,18,19)/t10-,12-/m0/s1. The van der Waals surface area contributed by atoms with Crippen LogP contribution >= 0.6 is 11.5 Å². The molecule has 7 heteroatoms. The van der Waals surface area contributed by atoms with Gasteiger partial charge in [0.15, 0.2) is 0 Å². The number of imidazole rings is 1. The fourth-order valence-corrected chi connectivity index (χ4v) is 3.41. The molecule has 0 unspecified atom stereocenters. The number of aryl methyl sites for hydroxylation is 1. The lowest BCUT2D eigenvalue weighted by Crippen LogP contribution is -2.30. The molecule has 0 aliphatic carbocycles. The fraction of sp³-hybridized carbons (Fsp3) is 0.667. The van der Waals surface area contributed by atoms with Crippen LogP contribution in [0.25, 0.3) is 0 Å². The maximum atomic E-state index is 5.90. The largest absolute Gasteiger partial charge is 0.372 e. The van der Waals surface area contributed by atoms with E-state index in [-0.39, 0.29) is 11.5 Å². The first kappa shape index (κ1) is 15.4. The molecular weight excluding hydrogens is 298 g/mol. The van der Waals surface area contributed by atoms with Crippen LogP contribution in [0.15, 0.2) is 12.5 Å². The monoisotopic (exact) mass is 321 g/mol. The molecule has 3 heterocycles. The molecule has 0 amide bonds. The topological polar surface area (TPSA) is 64.9 Å². The van der Waals surface area contributed by atoms with Crippen molar-refractivity contribution in [2.45, 2.75) is 51.2 Å². The highest BCUT2D eigenvalue weighted by atomic mass is 32.1. The molecular formula is C15H23N5OS. The summed E-state index contributed by atoms with van der Waals surface area (Å²) in [5.41, 5.74) is 1.11. The van der Waals surface area contributed by atoms with Gasteiger partial charge in [0.2, 0.25) is 5.13 Å². The first-order valence-corrected chi connectivity index (χ1v) is 8.39. The highest BCUT2D eigenvalue weighted by Gasteiger charge is 2.27. The van der Waals surface area contributed by atoms with E-state index < -0.39 is 0 Å². The number of anilines is 1. The van der Waals surface area contributed by atoms with E-state index in [1.807, 2.05) is 24.1 Å². The second-order valence-corrected chi connectivity index (χ2v) is 7.58. The number of aromatic nitrogens is 4. The van der Waals surface area contributed by atoms with Crippen molar-refractivity contribution in [1.82, 2.24) is 18.9 Å². The molecule has 22 heavy (non-hydrogen) atoms. The maximum Gasteiger partial charge on any atom is 0.202 e. The predicted octanol–water partition coefficient (Wildman–Crippen LogP) is 2.90. The third-order valence-electron chi connectivity index (χ3n) is 3.89. The Morgan fingerprint density at radius 1 is 1.41 bits per heavy atom. The molecule has 2 aromatic rings. The van der Waals surface area contributed by atoms with Crippen molar-refractivity contribution in [3.63, 3.8) is 0 Å². The highest BCUT2D eigenvalue weighted by Crippen LogP contribution is 2.30. The van der Waals surface area contributed by atoms with Gasteiger partial charge in [-0.3, -0.25) is 0 Å². The van der Waals surface area contributed by atoms with Crippen molar-refractivity contribution in [3.05, 3.63) is 24.0 Å². The molecule has 2 aromatic heterocycles. The van der Waals surface area contributed by atoms with Gasteiger partial charge in [-0.05, 0) is 12.8 Å². The summed E-state index contributed by atoms with van der Waals surface area (Å²) in [6.07, 6.45) is 5.70. The van der Waals surface area contributed by atoms with E-state index >= 15 is 0 Å². The van der Waals surface area contributed by atoms with Crippen LogP contribution in [-0.4, -0.2) is 31.6 Å². The van der Waals surface area contributed by atoms with Gasteiger partial charge in [-0.1, -0.05) is 20.8 Å². The predicted molar refractivity (Wildman–Crippen MR) is 87.2 cm³/mol. The molecule has 0 spiro atoms. The Labute approximate surface area is 135 Å². The summed E-state index contributed by atoms with van der Waals surface area (Å²) in [5.74, 6) is 0.898. The van der Waals surface area contributed by atoms with Crippen LogP contribution in [0.1, 0.15) is 51.2 Å². The molecule has 1 aliphatic heterocycles. The van der Waals surface area contributed by atoms with Gasteiger partial charge in [-0.2, -0.15) is 4.37 Å². The van der Waals surface area contributed by atoms with Gasteiger partial charge < -0.3 is 14.6 Å². The second kappa shape index (κ2) is 5.96. The highest BCUT2D eigenvalue weighted by molar-refractivity contribution is 7.09. The molecule has 2 atom stereocenters. The van der Waals surface area contributed by atoms with E-state index in [0.29, 0.717) is 6.04 Å². The zero-order valence-electron chi connectivity index (χ0n) is 13.5. The average Bonchev–Trinajstić information content (AvgIpc) is 3.07. The molecule has 3 rings (SSSR count). The maximum absolute atomic E-state index is 5.90. The number of nitrogens with one attached hydrogen (secondary N) is 1. The number of hydrogen-bond acceptors (Lipinski definition) is 6. The summed E-state index contributed by atoms with van der Waals surface area (Å²) in [4.78, 5) is 8.80. The number of hydrogen-bond donors (Lipinski definition) is 1. The van der Waals surface area contributed by atoms with Gasteiger partial charge in [0.05, 0.1) is 18.2 Å². The van der Waals surface area contributed by atoms with Gasteiger partial charge in [-0.15, -0.1) is 0 Å². The normalized spacial score (nSPS) is 22.7. The third-order valence-corrected chi connectivity index (χ3v) is 4.54. The van der Waals surface area contributed by atoms with E-state index in [2.05, 4.69) is 40.4 Å². The smallest absolute Gasteiger partial charge is 0.202 e. The first-order chi connectivity index (χ1) is 10.4. The Bertz CT molecular complexity index is 630. The molecule has 0 saturated carbocycles. The van der Waals surface area contributed by atoms with Crippen molar-refractivity contribution in [2.24, 2.45) is 7.05 Å². The SMILES string of the molecule is Cn1cncc1[C@@H]1C[C@@H](Nc2nc(C(C)(C)C)ns2)CCO1. The van der Waals surface area contributed by atoms with Crippen molar-refractivity contribution in [2.75, 3.05) is 11.9 Å². The molecule has 0 bridgehead atoms. The number of rotatable bonds is 3. The Morgan fingerprint density at radius 2 is 2.23 bits per heavy atom. The lowest BCUT2D eigenvalue weighted by atomic mass is 9.96. The molecule has 0 radical (unpaired) electrons. The zero-order chi connectivity index (χ0) is 15.7. The minimum Gasteiger partial charge on any atom is -0.372 e. The first-order valence-electron chi connectivity index (χ1n) is 7.62. The molecule has 1 fully saturated rings. The van der Waals surface area contributed by atoms with Gasteiger partial charge in [0.25, 0.3) is 0 Å². The quantitative estimate of drug-likeness (QED) is 0.941. The van der Waals surface area contributed by atoms with E-state index in [1.165, 1.54) is 11.5 Å². The van der Waals surface area contributed by atoms with E-state index in [9.17, 15) is 0 Å². The molecule has 1 N–H and O–H groups in total. The van der Waals surface area contributed by atoms with Crippen molar-refractivity contribution in [1.29, 1.82) is 0 Å². The molecule has 1 saturated heterocycles. The number of nitrogens with zero attached hydrogens (tertiary/aromatic N) is 4. The van der Waals surface area contributed by atoms with Gasteiger partial charge in [0, 0.05) is 36.6 Å². The van der Waals surface area contributed by atoms with Crippen molar-refractivity contribution >= 4 is 16.7 Å². The molecule has 0 aromatic carbocycles. The Kier molecular flexibility index (Phi) is 4.18. The van der Waals surface area contributed by atoms with E-state index in [0.717, 1.165) is 36.1 Å². The second-order valence-electron chi connectivity index (χ2n) is 6.83. The summed E-state index contributed by atoms with van der Waals surface area (Å²) < 4.78 is 12.4. The summed E-state index contributed by atoms with van der Waals surface area (Å²) in [7, 11) is 2.00. The van der Waals surface area contributed by atoms with Crippen LogP contribution < -0.4 is 5.32 Å². The van der Waals surface area contributed by atoms with Crippen LogP contribution in [0.2, 0.25) is 0 Å². The minimum atomic E-state index is -0.0106. The van der Waals surface area contributed by atoms with Gasteiger partial charge in [0.1, 0.15) is 11.9 Å². The summed E-state index contributed by atoms with van der Waals surface area (Å²) >= 11 is 1.44. The Morgan fingerprint density at radius 3 is 2.86 bits per heavy atom. The van der Waals surface area contributed by atoms with Crippen LogP contribution in [0.5, 0.6) is 0 Å². The van der Waals surface area contributed by atoms with Crippen LogP contribution in [0.4, 0.5) is 5.13 Å². The lowest BCUT2D eigenvalue weighted by Gasteiger charge is -2.30. The van der Waals surface area contributed by atoms with Crippen LogP contribution in [-0.2, 0) is 17.2 Å². The van der Waals surface area contributed by atoms with E-state index in [1.54, 1.807) is 0 Å². The summed E-state index contributed by atoms with van der Waals surface area (Å²) in [6.45, 7) is 7.14. The average molecular weight is 321 g/mol. The fourth-order valence-electron chi connectivity index (χ4n) is 2.57. The van der Waals surface area contributed by atoms with Crippen molar-refractivity contribution in [3.8, 4) is 0 Å². The van der Waals surface area contributed by atoms with E-state index in [4.69, 9.17) is 4.74 Å². The third kappa shape index (κ3) is 3.30.